The Morgan fingerprint density at radius 3 is 2.57 bits per heavy atom. The van der Waals surface area contributed by atoms with Gasteiger partial charge in [-0.1, -0.05) is 25.7 Å². The predicted molar refractivity (Wildman–Crippen MR) is 143 cm³/mol. The minimum atomic E-state index is -0.288. The van der Waals surface area contributed by atoms with Crippen LogP contribution in [0.15, 0.2) is 17.7 Å². The molecule has 2 saturated heterocycles. The first-order valence-electron chi connectivity index (χ1n) is 13.6. The van der Waals surface area contributed by atoms with Crippen LogP contribution in [0, 0.1) is 29.1 Å². The van der Waals surface area contributed by atoms with Gasteiger partial charge in [-0.25, -0.2) is 0 Å². The number of carbonyl (C=O) groups is 1. The number of ether oxygens (including phenoxy) is 1. The summed E-state index contributed by atoms with van der Waals surface area (Å²) in [5, 5.41) is 9.41. The second kappa shape index (κ2) is 8.35. The second-order valence-electron chi connectivity index (χ2n) is 11.7. The Morgan fingerprint density at radius 2 is 1.89 bits per heavy atom. The molecular formula is C31H32N4O2. The number of hydrogen-bond acceptors (Lipinski definition) is 5. The highest BCUT2D eigenvalue weighted by Gasteiger charge is 2.40. The van der Waals surface area contributed by atoms with Gasteiger partial charge in [0.2, 0.25) is 0 Å². The summed E-state index contributed by atoms with van der Waals surface area (Å²) >= 11 is 0. The van der Waals surface area contributed by atoms with Crippen molar-refractivity contribution in [2.75, 3.05) is 44.3 Å². The standard InChI is InChI=1S/C31H32N4O2/c1-31(2)25-15-27(35-9-7-34(8-10-35)23-17-37-18-23)21(6-5-19-3-4-19)13-22(25)14-24-29-26(33-30(24)31)11-20(16-32)12-28(29)36/h11,13,15,19,23,33H,3-4,7-10,12,14,17-18H2,1-2H3. The third kappa shape index (κ3) is 3.74. The maximum Gasteiger partial charge on any atom is 0.170 e. The highest BCUT2D eigenvalue weighted by Crippen LogP contribution is 2.46. The van der Waals surface area contributed by atoms with E-state index >= 15 is 0 Å². The fourth-order valence-electron chi connectivity index (χ4n) is 6.47. The van der Waals surface area contributed by atoms with Gasteiger partial charge in [-0.05, 0) is 47.7 Å². The molecule has 6 heteroatoms. The fourth-order valence-corrected chi connectivity index (χ4v) is 6.47. The molecule has 0 spiro atoms. The number of aromatic nitrogens is 1. The van der Waals surface area contributed by atoms with Crippen molar-refractivity contribution in [2.24, 2.45) is 5.92 Å². The van der Waals surface area contributed by atoms with Crippen molar-refractivity contribution >= 4 is 17.5 Å². The summed E-state index contributed by atoms with van der Waals surface area (Å²) < 4.78 is 5.42. The number of hydrogen-bond donors (Lipinski definition) is 1. The van der Waals surface area contributed by atoms with E-state index in [1.807, 2.05) is 6.08 Å². The Balaban J connectivity index is 1.29. The molecule has 5 aliphatic rings. The first-order valence-corrected chi connectivity index (χ1v) is 13.6. The van der Waals surface area contributed by atoms with Gasteiger partial charge in [0, 0.05) is 72.7 Å². The van der Waals surface area contributed by atoms with Crippen LogP contribution in [0.3, 0.4) is 0 Å². The summed E-state index contributed by atoms with van der Waals surface area (Å²) in [6.45, 7) is 10.3. The summed E-state index contributed by atoms with van der Waals surface area (Å²) in [7, 11) is 0. The van der Waals surface area contributed by atoms with Crippen LogP contribution in [0.5, 0.6) is 0 Å². The zero-order valence-electron chi connectivity index (χ0n) is 21.6. The van der Waals surface area contributed by atoms with E-state index in [1.54, 1.807) is 0 Å². The molecule has 6 nitrogen and oxygen atoms in total. The third-order valence-electron chi connectivity index (χ3n) is 8.89. The van der Waals surface area contributed by atoms with Crippen LogP contribution in [0.25, 0.3) is 6.08 Å². The Kier molecular flexibility index (Phi) is 5.15. The van der Waals surface area contributed by atoms with Crippen LogP contribution in [0.2, 0.25) is 0 Å². The summed E-state index contributed by atoms with van der Waals surface area (Å²) in [4.78, 5) is 21.7. The lowest BCUT2D eigenvalue weighted by molar-refractivity contribution is -0.0660. The molecule has 37 heavy (non-hydrogen) atoms. The zero-order chi connectivity index (χ0) is 25.3. The normalized spacial score (nSPS) is 22.6. The molecule has 188 valence electrons. The molecule has 7 rings (SSSR count). The topological polar surface area (TPSA) is 72.4 Å². The summed E-state index contributed by atoms with van der Waals surface area (Å²) in [5.41, 5.74) is 8.93. The van der Waals surface area contributed by atoms with Gasteiger partial charge in [0.15, 0.2) is 5.78 Å². The average molecular weight is 493 g/mol. The van der Waals surface area contributed by atoms with Crippen LogP contribution in [-0.2, 0) is 16.6 Å². The van der Waals surface area contributed by atoms with E-state index in [9.17, 15) is 10.1 Å². The van der Waals surface area contributed by atoms with Crippen molar-refractivity contribution < 1.29 is 9.53 Å². The van der Waals surface area contributed by atoms with Gasteiger partial charge in [-0.2, -0.15) is 5.26 Å². The Hall–Kier alpha value is -3.32. The number of benzene rings is 1. The fraction of sp³-hybridized carbons (Fsp3) is 0.484. The van der Waals surface area contributed by atoms with Gasteiger partial charge in [0.25, 0.3) is 0 Å². The Bertz CT molecular complexity index is 1440. The van der Waals surface area contributed by atoms with Gasteiger partial charge in [0.05, 0.1) is 36.7 Å². The van der Waals surface area contributed by atoms with E-state index in [1.165, 1.54) is 29.7 Å². The van der Waals surface area contributed by atoms with Crippen LogP contribution in [0.1, 0.15) is 77.1 Å². The maximum absolute atomic E-state index is 13.1. The number of nitriles is 1. The van der Waals surface area contributed by atoms with Crippen molar-refractivity contribution in [3.63, 3.8) is 0 Å². The molecule has 1 aromatic carbocycles. The average Bonchev–Trinajstić information content (AvgIpc) is 3.61. The number of anilines is 1. The van der Waals surface area contributed by atoms with Gasteiger partial charge in [0.1, 0.15) is 0 Å². The van der Waals surface area contributed by atoms with Crippen molar-refractivity contribution in [2.45, 2.75) is 51.0 Å². The van der Waals surface area contributed by atoms with E-state index in [4.69, 9.17) is 4.74 Å². The predicted octanol–water partition coefficient (Wildman–Crippen LogP) is 4.02. The molecule has 3 fully saturated rings. The molecule has 0 unspecified atom stereocenters. The summed E-state index contributed by atoms with van der Waals surface area (Å²) in [6.07, 6.45) is 5.19. The van der Waals surface area contributed by atoms with Crippen molar-refractivity contribution in [1.82, 2.24) is 9.88 Å². The number of nitrogens with one attached hydrogen (secondary N) is 1. The van der Waals surface area contributed by atoms with Gasteiger partial charge in [-0.3, -0.25) is 9.69 Å². The lowest BCUT2D eigenvalue weighted by Crippen LogP contribution is -2.56. The van der Waals surface area contributed by atoms with Crippen LogP contribution < -0.4 is 4.90 Å². The number of allylic oxidation sites excluding steroid dienone is 1. The number of ketones is 1. The molecule has 1 saturated carbocycles. The van der Waals surface area contributed by atoms with Gasteiger partial charge in [-0.15, -0.1) is 0 Å². The molecule has 0 radical (unpaired) electrons. The zero-order valence-corrected chi connectivity index (χ0v) is 21.6. The third-order valence-corrected chi connectivity index (χ3v) is 8.89. The quantitative estimate of drug-likeness (QED) is 0.641. The molecule has 3 heterocycles. The second-order valence-corrected chi connectivity index (χ2v) is 11.7. The number of fused-ring (bicyclic) bond motifs is 4. The molecule has 1 aromatic heterocycles. The number of rotatable bonds is 2. The van der Waals surface area contributed by atoms with Crippen LogP contribution >= 0.6 is 0 Å². The van der Waals surface area contributed by atoms with Crippen molar-refractivity contribution in [1.29, 1.82) is 5.26 Å². The Morgan fingerprint density at radius 1 is 1.11 bits per heavy atom. The molecule has 2 aromatic rings. The van der Waals surface area contributed by atoms with Gasteiger partial charge < -0.3 is 14.6 Å². The molecule has 1 N–H and O–H groups in total. The molecule has 0 amide bonds. The van der Waals surface area contributed by atoms with E-state index in [0.717, 1.165) is 73.9 Å². The minimum Gasteiger partial charge on any atom is -0.378 e. The van der Waals surface area contributed by atoms with Crippen molar-refractivity contribution in [3.8, 4) is 17.9 Å². The van der Waals surface area contributed by atoms with Crippen molar-refractivity contribution in [3.05, 3.63) is 56.9 Å². The highest BCUT2D eigenvalue weighted by atomic mass is 16.5. The van der Waals surface area contributed by atoms with E-state index in [2.05, 4.69) is 58.7 Å². The highest BCUT2D eigenvalue weighted by molar-refractivity contribution is 6.06. The largest absolute Gasteiger partial charge is 0.378 e. The van der Waals surface area contributed by atoms with E-state index in [0.29, 0.717) is 17.5 Å². The molecule has 2 aliphatic heterocycles. The SMILES string of the molecule is CC1(C)c2cc(N3CCN(C4COC4)CC3)c(C#CC3CC3)cc2Cc2c1[nH]c1c2C(=O)CC(C#N)=C1. The molecule has 0 atom stereocenters. The number of piperazine rings is 1. The minimum absolute atomic E-state index is 0.0471. The summed E-state index contributed by atoms with van der Waals surface area (Å²) in [6, 6.07) is 7.45. The van der Waals surface area contributed by atoms with Gasteiger partial charge >= 0.3 is 0 Å². The summed E-state index contributed by atoms with van der Waals surface area (Å²) in [5.74, 6) is 7.66. The van der Waals surface area contributed by atoms with E-state index < -0.39 is 0 Å². The van der Waals surface area contributed by atoms with E-state index in [-0.39, 0.29) is 17.6 Å². The molecular weight excluding hydrogens is 460 g/mol. The maximum atomic E-state index is 13.1. The number of H-pyrrole nitrogens is 1. The molecule has 0 bridgehead atoms. The lowest BCUT2D eigenvalue weighted by Gasteiger charge is -2.44. The van der Waals surface area contributed by atoms with Crippen LogP contribution in [-0.4, -0.2) is 61.1 Å². The molecule has 3 aliphatic carbocycles. The number of Topliss-reactive ketones (excluding diaryl/α,β-unsaturated/α-hetero) is 1. The monoisotopic (exact) mass is 492 g/mol. The Labute approximate surface area is 218 Å². The first kappa shape index (κ1) is 22.8. The number of aromatic amines is 1. The number of nitrogens with zero attached hydrogens (tertiary/aromatic N) is 3. The lowest BCUT2D eigenvalue weighted by atomic mass is 9.70. The first-order chi connectivity index (χ1) is 17.9. The number of carbonyl (C=O) groups excluding carboxylic acids is 1. The smallest absolute Gasteiger partial charge is 0.170 e. The van der Waals surface area contributed by atoms with Crippen LogP contribution in [0.4, 0.5) is 5.69 Å².